The Hall–Kier alpha value is -4.82. The third-order valence-electron chi connectivity index (χ3n) is 13.3. The maximum Gasteiger partial charge on any atom is 0.227 e. The van der Waals surface area contributed by atoms with Crippen molar-refractivity contribution >= 4 is 45.2 Å². The highest BCUT2D eigenvalue weighted by Gasteiger charge is 2.39. The number of nitrogens with zero attached hydrogens (tertiary/aromatic N) is 10. The van der Waals surface area contributed by atoms with Gasteiger partial charge in [0, 0.05) is 69.1 Å². The molecule has 0 spiro atoms. The Morgan fingerprint density at radius 2 is 1.31 bits per heavy atom. The molecule has 0 radical (unpaired) electrons. The topological polar surface area (TPSA) is 139 Å². The van der Waals surface area contributed by atoms with E-state index in [1.165, 1.54) is 0 Å². The Morgan fingerprint density at radius 3 is 1.96 bits per heavy atom. The van der Waals surface area contributed by atoms with Gasteiger partial charge in [-0.1, -0.05) is 13.8 Å². The summed E-state index contributed by atoms with van der Waals surface area (Å²) in [4.78, 5) is 63.4. The van der Waals surface area contributed by atoms with Crippen LogP contribution in [0.5, 0.6) is 0 Å². The maximum absolute atomic E-state index is 13.8. The molecule has 14 nitrogen and oxygen atoms in total. The summed E-state index contributed by atoms with van der Waals surface area (Å²) < 4.78 is 4.52. The van der Waals surface area contributed by atoms with Crippen molar-refractivity contribution in [2.75, 3.05) is 66.5 Å². The molecule has 1 unspecified atom stereocenters. The van der Waals surface area contributed by atoms with Gasteiger partial charge in [0.2, 0.25) is 11.8 Å². The summed E-state index contributed by atoms with van der Waals surface area (Å²) in [6.07, 6.45) is 13.4. The summed E-state index contributed by atoms with van der Waals surface area (Å²) >= 11 is 0. The molecule has 4 saturated heterocycles. The standard InChI is InChI=1S/C40H50N12O2/c1-23-6-13-49(39(53)25-8-11-47(3)19-25)21-29(23)37-45-16-27-15-42-36-34(51(27)37)28(17-43-36)33-32-18-44-35-31(5-10-41-35)52(32)38(46-33)30-22-50(14-7-24(30)2)40(54)26-9-12-48(4)20-26/h5,10,15-18,23-26,29-30,41,43H,6-9,11-14,19-22H2,1-4H3/t23-,24-,25?,26+,29+,30+/m1/s1. The van der Waals surface area contributed by atoms with Crippen LogP contribution in [0.15, 0.2) is 37.1 Å². The van der Waals surface area contributed by atoms with E-state index >= 15 is 0 Å². The van der Waals surface area contributed by atoms with E-state index in [2.05, 4.69) is 72.4 Å². The number of hydrogen-bond acceptors (Lipinski definition) is 8. The Bertz CT molecular complexity index is 2400. The third-order valence-corrected chi connectivity index (χ3v) is 13.3. The fourth-order valence-corrected chi connectivity index (χ4v) is 10.0. The summed E-state index contributed by atoms with van der Waals surface area (Å²) in [7, 11) is 4.20. The zero-order valence-corrected chi connectivity index (χ0v) is 31.7. The van der Waals surface area contributed by atoms with Crippen LogP contribution in [0.3, 0.4) is 0 Å². The zero-order valence-electron chi connectivity index (χ0n) is 31.7. The first-order valence-corrected chi connectivity index (χ1v) is 19.9. The van der Waals surface area contributed by atoms with Gasteiger partial charge >= 0.3 is 0 Å². The fourth-order valence-electron chi connectivity index (χ4n) is 10.0. The van der Waals surface area contributed by atoms with Crippen molar-refractivity contribution in [3.63, 3.8) is 0 Å². The number of aromatic nitrogens is 8. The number of nitrogens with one attached hydrogen (secondary N) is 2. The van der Waals surface area contributed by atoms with Crippen LogP contribution < -0.4 is 0 Å². The minimum Gasteiger partial charge on any atom is -0.345 e. The Balaban J connectivity index is 1.08. The average Bonchev–Trinajstić information content (AvgIpc) is 4.03. The van der Waals surface area contributed by atoms with E-state index in [0.717, 1.165) is 121 Å². The lowest BCUT2D eigenvalue weighted by Crippen LogP contribution is -2.45. The average molecular weight is 731 g/mol. The van der Waals surface area contributed by atoms with E-state index in [0.29, 0.717) is 24.9 Å². The predicted octanol–water partition coefficient (Wildman–Crippen LogP) is 4.21. The number of amides is 2. The van der Waals surface area contributed by atoms with Crippen LogP contribution in [0.25, 0.3) is 44.6 Å². The van der Waals surface area contributed by atoms with Crippen LogP contribution in [-0.4, -0.2) is 137 Å². The van der Waals surface area contributed by atoms with E-state index in [9.17, 15) is 9.59 Å². The first-order valence-electron chi connectivity index (χ1n) is 19.9. The van der Waals surface area contributed by atoms with Gasteiger partial charge in [-0.15, -0.1) is 0 Å². The lowest BCUT2D eigenvalue weighted by molar-refractivity contribution is -0.137. The van der Waals surface area contributed by atoms with Crippen LogP contribution >= 0.6 is 0 Å². The largest absolute Gasteiger partial charge is 0.345 e. The van der Waals surface area contributed by atoms with Gasteiger partial charge in [-0.05, 0) is 70.8 Å². The number of imidazole rings is 2. The molecule has 0 saturated carbocycles. The number of hydrogen-bond donors (Lipinski definition) is 2. The molecule has 6 atom stereocenters. The second-order valence-corrected chi connectivity index (χ2v) is 16.9. The molecule has 0 aromatic carbocycles. The van der Waals surface area contributed by atoms with Gasteiger partial charge in [0.1, 0.15) is 22.9 Å². The lowest BCUT2D eigenvalue weighted by Gasteiger charge is -2.37. The van der Waals surface area contributed by atoms with Crippen LogP contribution in [0.2, 0.25) is 0 Å². The normalized spacial score (nSPS) is 27.4. The maximum atomic E-state index is 13.8. The summed E-state index contributed by atoms with van der Waals surface area (Å²) in [6, 6.07) is 2.07. The number of carbonyl (C=O) groups is 2. The van der Waals surface area contributed by atoms with Crippen molar-refractivity contribution in [3.05, 3.63) is 48.7 Å². The van der Waals surface area contributed by atoms with Gasteiger partial charge in [-0.3, -0.25) is 18.4 Å². The van der Waals surface area contributed by atoms with Crippen molar-refractivity contribution in [2.45, 2.75) is 51.4 Å². The van der Waals surface area contributed by atoms with Crippen molar-refractivity contribution in [1.82, 2.24) is 58.3 Å². The highest BCUT2D eigenvalue weighted by Crippen LogP contribution is 2.41. The molecule has 0 aliphatic carbocycles. The van der Waals surface area contributed by atoms with E-state index in [1.54, 1.807) is 0 Å². The number of carbonyl (C=O) groups excluding carboxylic acids is 2. The molecule has 4 aliphatic heterocycles. The molecule has 4 aliphatic rings. The molecule has 6 aromatic heterocycles. The fraction of sp³-hybridized carbons (Fsp3) is 0.550. The van der Waals surface area contributed by atoms with E-state index in [4.69, 9.17) is 19.9 Å². The quantitative estimate of drug-likeness (QED) is 0.269. The molecular weight excluding hydrogens is 681 g/mol. The molecule has 282 valence electrons. The molecule has 2 N–H and O–H groups in total. The summed E-state index contributed by atoms with van der Waals surface area (Å²) in [5, 5.41) is 0. The number of likely N-dealkylation sites (tertiary alicyclic amines) is 4. The summed E-state index contributed by atoms with van der Waals surface area (Å²) in [5.41, 5.74) is 7.02. The van der Waals surface area contributed by atoms with Gasteiger partial charge in [0.25, 0.3) is 0 Å². The number of fused-ring (bicyclic) bond motifs is 6. The van der Waals surface area contributed by atoms with Gasteiger partial charge in [-0.2, -0.15) is 0 Å². The van der Waals surface area contributed by atoms with Gasteiger partial charge in [-0.25, -0.2) is 19.9 Å². The molecule has 10 heterocycles. The van der Waals surface area contributed by atoms with E-state index < -0.39 is 0 Å². The van der Waals surface area contributed by atoms with Crippen LogP contribution in [0, 0.1) is 23.7 Å². The second-order valence-electron chi connectivity index (χ2n) is 16.9. The monoisotopic (exact) mass is 730 g/mol. The van der Waals surface area contributed by atoms with Crippen molar-refractivity contribution in [1.29, 1.82) is 0 Å². The lowest BCUT2D eigenvalue weighted by atomic mass is 9.85. The molecule has 2 amide bonds. The minimum absolute atomic E-state index is 0.0435. The van der Waals surface area contributed by atoms with Crippen LogP contribution in [0.4, 0.5) is 0 Å². The number of aromatic amines is 2. The van der Waals surface area contributed by atoms with E-state index in [1.807, 2.05) is 31.0 Å². The molecule has 6 aromatic rings. The second kappa shape index (κ2) is 12.9. The predicted molar refractivity (Wildman–Crippen MR) is 206 cm³/mol. The molecule has 14 heteroatoms. The molecule has 0 bridgehead atoms. The van der Waals surface area contributed by atoms with Crippen LogP contribution in [-0.2, 0) is 9.59 Å². The first kappa shape index (κ1) is 33.7. The van der Waals surface area contributed by atoms with Crippen molar-refractivity contribution < 1.29 is 9.59 Å². The zero-order chi connectivity index (χ0) is 36.8. The number of H-pyrrole nitrogens is 2. The first-order chi connectivity index (χ1) is 26.2. The highest BCUT2D eigenvalue weighted by molar-refractivity contribution is 5.97. The number of rotatable bonds is 5. The molecule has 4 fully saturated rings. The summed E-state index contributed by atoms with van der Waals surface area (Å²) in [5.74, 6) is 3.38. The highest BCUT2D eigenvalue weighted by atomic mass is 16.2. The third kappa shape index (κ3) is 5.35. The Morgan fingerprint density at radius 1 is 0.685 bits per heavy atom. The van der Waals surface area contributed by atoms with E-state index in [-0.39, 0.29) is 35.5 Å². The number of piperidine rings is 2. The van der Waals surface area contributed by atoms with Crippen LogP contribution in [0.1, 0.15) is 63.0 Å². The molecule has 10 rings (SSSR count). The summed E-state index contributed by atoms with van der Waals surface area (Å²) in [6.45, 7) is 11.1. The molecular formula is C40H50N12O2. The minimum atomic E-state index is 0.0435. The SMILES string of the molecule is C[C@@H]1CCN(C(=O)[C@H]2CCN(C)C2)C[C@@H]1c1nc(-c2c[nH]c3ncc4cnc([C@H]5CN(C(=O)C6CCN(C)C6)CC[C@H]5C)n4c23)c2cnc3[nH]ccc3n12. The van der Waals surface area contributed by atoms with Gasteiger partial charge < -0.3 is 29.6 Å². The van der Waals surface area contributed by atoms with Crippen molar-refractivity contribution in [3.8, 4) is 11.3 Å². The van der Waals surface area contributed by atoms with Gasteiger partial charge in [0.05, 0.1) is 47.0 Å². The van der Waals surface area contributed by atoms with Crippen molar-refractivity contribution in [2.24, 2.45) is 23.7 Å². The molecule has 54 heavy (non-hydrogen) atoms. The smallest absolute Gasteiger partial charge is 0.227 e. The Kier molecular flexibility index (Phi) is 8.06. The van der Waals surface area contributed by atoms with Gasteiger partial charge in [0.15, 0.2) is 11.3 Å². The Labute approximate surface area is 313 Å².